The second kappa shape index (κ2) is 4.83. The quantitative estimate of drug-likeness (QED) is 0.866. The van der Waals surface area contributed by atoms with Crippen LogP contribution >= 0.6 is 27.5 Å². The summed E-state index contributed by atoms with van der Waals surface area (Å²) in [5, 5.41) is 0. The smallest absolute Gasteiger partial charge is 0.221 e. The Balaban J connectivity index is 2.26. The zero-order valence-corrected chi connectivity index (χ0v) is 12.1. The number of hydrogen-bond donors (Lipinski definition) is 0. The summed E-state index contributed by atoms with van der Waals surface area (Å²) in [6.45, 7) is 1.96. The number of aromatic nitrogens is 2. The molecule has 0 unspecified atom stereocenters. The van der Waals surface area contributed by atoms with E-state index >= 15 is 0 Å². The third-order valence-electron chi connectivity index (χ3n) is 2.13. The molecule has 0 aliphatic heterocycles. The fraction of sp³-hybridized carbons (Fsp3) is 0.200. The van der Waals surface area contributed by atoms with Gasteiger partial charge in [0.25, 0.3) is 0 Å². The third kappa shape index (κ3) is 3.11. The monoisotopic (exact) mass is 332 g/mol. The molecule has 1 aromatic heterocycles. The Bertz CT molecular complexity index is 620. The maximum atomic E-state index is 12.0. The normalized spacial score (nSPS) is 11.6. The van der Waals surface area contributed by atoms with E-state index in [0.29, 0.717) is 4.73 Å². The summed E-state index contributed by atoms with van der Waals surface area (Å²) < 4.78 is 28.1. The zero-order valence-electron chi connectivity index (χ0n) is 8.92. The lowest BCUT2D eigenvalue weighted by molar-refractivity contribution is 0.594. The van der Waals surface area contributed by atoms with Gasteiger partial charge in [-0.25, -0.2) is 8.42 Å². The topological polar surface area (TPSA) is 59.9 Å². The van der Waals surface area contributed by atoms with Gasteiger partial charge in [0.15, 0.2) is 0 Å². The second-order valence-electron chi connectivity index (χ2n) is 3.57. The molecule has 0 saturated carbocycles. The molecule has 0 spiro atoms. The van der Waals surface area contributed by atoms with Crippen LogP contribution in [0, 0.1) is 6.92 Å². The van der Waals surface area contributed by atoms with Crippen LogP contribution in [-0.4, -0.2) is 17.8 Å². The van der Waals surface area contributed by atoms with Crippen molar-refractivity contribution >= 4 is 37.3 Å². The van der Waals surface area contributed by atoms with Gasteiger partial charge in [-0.05, 0) is 39.9 Å². The molecule has 4 nitrogen and oxygen atoms in total. The molecule has 0 aliphatic rings. The van der Waals surface area contributed by atoms with Crippen molar-refractivity contribution in [2.45, 2.75) is 17.0 Å². The van der Waals surface area contributed by atoms with Crippen LogP contribution in [0.1, 0.15) is 11.1 Å². The first-order chi connectivity index (χ1) is 7.97. The summed E-state index contributed by atoms with van der Waals surface area (Å²) in [4.78, 5) is 3.83. The predicted octanol–water partition coefficient (Wildman–Crippen LogP) is 2.58. The van der Waals surface area contributed by atoms with E-state index in [1.807, 2.05) is 31.2 Å². The molecule has 2 aromatic rings. The van der Waals surface area contributed by atoms with E-state index in [-0.39, 0.29) is 10.1 Å². The molecule has 0 aliphatic carbocycles. The van der Waals surface area contributed by atoms with Gasteiger partial charge in [0, 0.05) is 0 Å². The Morgan fingerprint density at radius 1 is 1.29 bits per heavy atom. The molecule has 90 valence electrons. The van der Waals surface area contributed by atoms with Crippen LogP contribution in [0.4, 0.5) is 0 Å². The van der Waals surface area contributed by atoms with Crippen LogP contribution in [-0.2, 0) is 15.6 Å². The minimum absolute atomic E-state index is 0.0463. The highest BCUT2D eigenvalue weighted by atomic mass is 79.9. The fourth-order valence-corrected chi connectivity index (χ4v) is 3.96. The lowest BCUT2D eigenvalue weighted by Crippen LogP contribution is -2.04. The highest BCUT2D eigenvalue weighted by Crippen LogP contribution is 2.20. The molecule has 1 heterocycles. The number of aryl methyl sites for hydroxylation is 1. The molecule has 17 heavy (non-hydrogen) atoms. The van der Waals surface area contributed by atoms with Crippen molar-refractivity contribution in [3.8, 4) is 0 Å². The fourth-order valence-electron chi connectivity index (χ4n) is 1.28. The van der Waals surface area contributed by atoms with Crippen molar-refractivity contribution in [3.05, 3.63) is 40.1 Å². The van der Waals surface area contributed by atoms with Gasteiger partial charge in [0.2, 0.25) is 18.9 Å². The van der Waals surface area contributed by atoms with E-state index in [0.717, 1.165) is 22.7 Å². The largest absolute Gasteiger partial charge is 0.229 e. The molecule has 0 fully saturated rings. The number of sulfone groups is 1. The highest BCUT2D eigenvalue weighted by molar-refractivity contribution is 9.10. The maximum Gasteiger partial charge on any atom is 0.229 e. The molecule has 1 aromatic carbocycles. The number of benzene rings is 1. The van der Waals surface area contributed by atoms with Gasteiger partial charge < -0.3 is 0 Å². The van der Waals surface area contributed by atoms with Crippen molar-refractivity contribution in [2.24, 2.45) is 0 Å². The molecule has 0 atom stereocenters. The van der Waals surface area contributed by atoms with Gasteiger partial charge in [-0.15, -0.1) is 0 Å². The minimum atomic E-state index is -3.39. The number of halogens is 1. The Kier molecular flexibility index (Phi) is 3.60. The van der Waals surface area contributed by atoms with Crippen molar-refractivity contribution < 1.29 is 8.42 Å². The first-order valence-electron chi connectivity index (χ1n) is 4.75. The summed E-state index contributed by atoms with van der Waals surface area (Å²) in [6.07, 6.45) is 0. The van der Waals surface area contributed by atoms with Crippen LogP contribution in [0.25, 0.3) is 0 Å². The molecule has 0 N–H and O–H groups in total. The summed E-state index contributed by atoms with van der Waals surface area (Å²) in [5.41, 5.74) is 1.85. The molecule has 0 amide bonds. The Morgan fingerprint density at radius 2 is 1.94 bits per heavy atom. The lowest BCUT2D eigenvalue weighted by atomic mass is 10.2. The van der Waals surface area contributed by atoms with Crippen molar-refractivity contribution in [2.75, 3.05) is 0 Å². The van der Waals surface area contributed by atoms with Gasteiger partial charge in [0.05, 0.1) is 5.75 Å². The first-order valence-corrected chi connectivity index (χ1v) is 7.97. The number of hydrogen-bond acceptors (Lipinski definition) is 5. The van der Waals surface area contributed by atoms with Gasteiger partial charge in [-0.2, -0.15) is 9.36 Å². The second-order valence-corrected chi connectivity index (χ2v) is 7.20. The molecule has 2 rings (SSSR count). The average molecular weight is 333 g/mol. The van der Waals surface area contributed by atoms with Crippen LogP contribution in [0.5, 0.6) is 0 Å². The lowest BCUT2D eigenvalue weighted by Gasteiger charge is -2.01. The van der Waals surface area contributed by atoms with E-state index in [2.05, 4.69) is 25.3 Å². The Hall–Kier alpha value is -0.790. The molecular formula is C10H9BrN2O2S2. The van der Waals surface area contributed by atoms with Crippen LogP contribution in [0.15, 0.2) is 33.3 Å². The molecule has 0 bridgehead atoms. The minimum Gasteiger partial charge on any atom is -0.221 e. The van der Waals surface area contributed by atoms with E-state index in [1.54, 1.807) is 0 Å². The van der Waals surface area contributed by atoms with Crippen molar-refractivity contribution in [3.63, 3.8) is 0 Å². The van der Waals surface area contributed by atoms with Gasteiger partial charge in [-0.1, -0.05) is 29.8 Å². The van der Waals surface area contributed by atoms with Crippen LogP contribution in [0.2, 0.25) is 0 Å². The van der Waals surface area contributed by atoms with Crippen molar-refractivity contribution in [1.29, 1.82) is 0 Å². The average Bonchev–Trinajstić information content (AvgIpc) is 2.69. The molecular weight excluding hydrogens is 324 g/mol. The number of rotatable bonds is 3. The third-order valence-corrected chi connectivity index (χ3v) is 5.55. The Labute approximate surface area is 112 Å². The SMILES string of the molecule is Cc1ccc(CS(=O)(=O)c2nc(Br)ns2)cc1. The molecule has 7 heteroatoms. The zero-order chi connectivity index (χ0) is 12.5. The Morgan fingerprint density at radius 3 is 2.47 bits per heavy atom. The van der Waals surface area contributed by atoms with Crippen LogP contribution < -0.4 is 0 Å². The predicted molar refractivity (Wildman–Crippen MR) is 69.7 cm³/mol. The van der Waals surface area contributed by atoms with E-state index in [9.17, 15) is 8.42 Å². The molecule has 0 radical (unpaired) electrons. The van der Waals surface area contributed by atoms with Gasteiger partial charge in [0.1, 0.15) is 0 Å². The van der Waals surface area contributed by atoms with E-state index < -0.39 is 9.84 Å². The van der Waals surface area contributed by atoms with E-state index in [1.165, 1.54) is 0 Å². The summed E-state index contributed by atoms with van der Waals surface area (Å²) >= 11 is 3.93. The highest BCUT2D eigenvalue weighted by Gasteiger charge is 2.20. The van der Waals surface area contributed by atoms with Crippen LogP contribution in [0.3, 0.4) is 0 Å². The first kappa shape index (κ1) is 12.7. The summed E-state index contributed by atoms with van der Waals surface area (Å²) in [7, 11) is -3.39. The maximum absolute atomic E-state index is 12.0. The number of nitrogens with zero attached hydrogens (tertiary/aromatic N) is 2. The van der Waals surface area contributed by atoms with Gasteiger partial charge >= 0.3 is 0 Å². The van der Waals surface area contributed by atoms with Gasteiger partial charge in [-0.3, -0.25) is 0 Å². The molecule has 0 saturated heterocycles. The van der Waals surface area contributed by atoms with E-state index in [4.69, 9.17) is 0 Å². The van der Waals surface area contributed by atoms with Crippen molar-refractivity contribution in [1.82, 2.24) is 9.36 Å². The summed E-state index contributed by atoms with van der Waals surface area (Å²) in [5.74, 6) is -0.0467. The summed E-state index contributed by atoms with van der Waals surface area (Å²) in [6, 6.07) is 7.40. The standard InChI is InChI=1S/C10H9BrN2O2S2/c1-7-2-4-8(5-3-7)6-17(14,15)10-12-9(11)13-16-10/h2-5H,6H2,1H3.